The van der Waals surface area contributed by atoms with Gasteiger partial charge in [-0.05, 0) is 52.7 Å². The molecule has 0 spiro atoms. The first-order valence-corrected chi connectivity index (χ1v) is 10.5. The highest BCUT2D eigenvalue weighted by atomic mass is 16.6. The van der Waals surface area contributed by atoms with Crippen LogP contribution in [0.2, 0.25) is 0 Å². The van der Waals surface area contributed by atoms with E-state index in [0.717, 1.165) is 37.6 Å². The summed E-state index contributed by atoms with van der Waals surface area (Å²) in [6.07, 6.45) is 3.93. The van der Waals surface area contributed by atoms with Crippen LogP contribution in [-0.4, -0.2) is 68.0 Å². The second-order valence-corrected chi connectivity index (χ2v) is 8.09. The van der Waals surface area contributed by atoms with Crippen LogP contribution < -0.4 is 10.6 Å². The molecule has 1 atom stereocenters. The predicted molar refractivity (Wildman–Crippen MR) is 113 cm³/mol. The summed E-state index contributed by atoms with van der Waals surface area (Å²) in [6.45, 7) is 11.7. The first-order valence-electron chi connectivity index (χ1n) is 10.5. The first kappa shape index (κ1) is 23.1. The molecular weight excluding hydrogens is 372 g/mol. The molecule has 0 saturated carbocycles. The Labute approximate surface area is 174 Å². The zero-order valence-corrected chi connectivity index (χ0v) is 18.2. The maximum absolute atomic E-state index is 12.3. The van der Waals surface area contributed by atoms with Crippen LogP contribution in [0.4, 0.5) is 4.79 Å². The third kappa shape index (κ3) is 9.21. The van der Waals surface area contributed by atoms with Gasteiger partial charge in [0.05, 0.1) is 6.26 Å². The van der Waals surface area contributed by atoms with E-state index in [1.54, 1.807) is 11.2 Å². The molecule has 1 aromatic rings. The maximum Gasteiger partial charge on any atom is 0.410 e. The third-order valence-electron chi connectivity index (χ3n) is 4.35. The number of nitrogens with one attached hydrogen (secondary N) is 2. The molecule has 8 heteroatoms. The van der Waals surface area contributed by atoms with Gasteiger partial charge in [0.1, 0.15) is 11.4 Å². The van der Waals surface area contributed by atoms with Gasteiger partial charge >= 0.3 is 6.09 Å². The fourth-order valence-electron chi connectivity index (χ4n) is 2.98. The smallest absolute Gasteiger partial charge is 0.410 e. The second-order valence-electron chi connectivity index (χ2n) is 8.09. The number of guanidine groups is 1. The molecular formula is C21H36N4O4. The third-order valence-corrected chi connectivity index (χ3v) is 4.35. The normalized spacial score (nSPS) is 17.4. The van der Waals surface area contributed by atoms with Crippen LogP contribution in [-0.2, 0) is 15.9 Å². The second kappa shape index (κ2) is 11.7. The lowest BCUT2D eigenvalue weighted by Gasteiger charge is -2.24. The molecule has 1 unspecified atom stereocenters. The molecule has 29 heavy (non-hydrogen) atoms. The van der Waals surface area contributed by atoms with E-state index in [1.807, 2.05) is 39.8 Å². The van der Waals surface area contributed by atoms with Gasteiger partial charge in [0.2, 0.25) is 0 Å². The molecule has 1 amide bonds. The minimum Gasteiger partial charge on any atom is -0.469 e. The zero-order valence-electron chi connectivity index (χ0n) is 18.2. The molecule has 1 saturated heterocycles. The summed E-state index contributed by atoms with van der Waals surface area (Å²) in [7, 11) is 0. The van der Waals surface area contributed by atoms with Crippen LogP contribution in [0.1, 0.15) is 46.3 Å². The van der Waals surface area contributed by atoms with E-state index < -0.39 is 5.60 Å². The van der Waals surface area contributed by atoms with Crippen molar-refractivity contribution in [1.82, 2.24) is 15.5 Å². The van der Waals surface area contributed by atoms with Crippen LogP contribution in [0.15, 0.2) is 27.8 Å². The number of furan rings is 1. The van der Waals surface area contributed by atoms with E-state index in [2.05, 4.69) is 15.6 Å². The fourth-order valence-corrected chi connectivity index (χ4v) is 2.98. The lowest BCUT2D eigenvalue weighted by Crippen LogP contribution is -2.46. The number of likely N-dealkylation sites (tertiary alicyclic amines) is 1. The Hall–Kier alpha value is -2.22. The summed E-state index contributed by atoms with van der Waals surface area (Å²) in [5.41, 5.74) is -0.483. The Balaban J connectivity index is 1.83. The minimum absolute atomic E-state index is 0.143. The highest BCUT2D eigenvalue weighted by Crippen LogP contribution is 2.15. The molecule has 1 aliphatic heterocycles. The Morgan fingerprint density at radius 3 is 2.93 bits per heavy atom. The number of carbonyl (C=O) groups is 1. The zero-order chi connectivity index (χ0) is 21.1. The maximum atomic E-state index is 12.3. The highest BCUT2D eigenvalue weighted by molar-refractivity contribution is 5.80. The van der Waals surface area contributed by atoms with Crippen LogP contribution in [0.25, 0.3) is 0 Å². The van der Waals surface area contributed by atoms with Crippen molar-refractivity contribution in [2.75, 3.05) is 39.4 Å². The highest BCUT2D eigenvalue weighted by Gasteiger charge is 2.30. The first-order chi connectivity index (χ1) is 13.9. The minimum atomic E-state index is -0.483. The number of aliphatic imine (C=N–C) groups is 1. The molecule has 164 valence electrons. The lowest BCUT2D eigenvalue weighted by molar-refractivity contribution is 0.0292. The average molecular weight is 409 g/mol. The molecule has 2 rings (SSSR count). The van der Waals surface area contributed by atoms with Gasteiger partial charge in [-0.2, -0.15) is 0 Å². The Bertz CT molecular complexity index is 625. The number of rotatable bonds is 9. The lowest BCUT2D eigenvalue weighted by atomic mass is 10.2. The van der Waals surface area contributed by atoms with Crippen molar-refractivity contribution in [2.45, 2.75) is 58.6 Å². The van der Waals surface area contributed by atoms with E-state index in [0.29, 0.717) is 32.8 Å². The van der Waals surface area contributed by atoms with Crippen LogP contribution in [0.3, 0.4) is 0 Å². The van der Waals surface area contributed by atoms with Gasteiger partial charge in [-0.1, -0.05) is 0 Å². The van der Waals surface area contributed by atoms with Gasteiger partial charge in [-0.3, -0.25) is 4.99 Å². The van der Waals surface area contributed by atoms with Crippen molar-refractivity contribution in [3.63, 3.8) is 0 Å². The van der Waals surface area contributed by atoms with Crippen LogP contribution >= 0.6 is 0 Å². The van der Waals surface area contributed by atoms with E-state index in [4.69, 9.17) is 13.9 Å². The average Bonchev–Trinajstić information content (AvgIpc) is 3.32. The molecule has 1 fully saturated rings. The van der Waals surface area contributed by atoms with Crippen molar-refractivity contribution < 1.29 is 18.7 Å². The van der Waals surface area contributed by atoms with Crippen LogP contribution in [0, 0.1) is 0 Å². The molecule has 0 radical (unpaired) electrons. The molecule has 8 nitrogen and oxygen atoms in total. The van der Waals surface area contributed by atoms with Gasteiger partial charge in [0.25, 0.3) is 0 Å². The van der Waals surface area contributed by atoms with Gasteiger partial charge in [0.15, 0.2) is 5.96 Å². The number of amides is 1. The van der Waals surface area contributed by atoms with Gasteiger partial charge < -0.3 is 29.4 Å². The quantitative estimate of drug-likeness (QED) is 0.371. The van der Waals surface area contributed by atoms with Crippen molar-refractivity contribution in [3.8, 4) is 0 Å². The largest absolute Gasteiger partial charge is 0.469 e. The Kier molecular flexibility index (Phi) is 9.31. The summed E-state index contributed by atoms with van der Waals surface area (Å²) in [6, 6.07) is 3.99. The monoisotopic (exact) mass is 408 g/mol. The number of hydrogen-bond acceptors (Lipinski definition) is 5. The number of ether oxygens (including phenoxy) is 2. The molecule has 0 aromatic carbocycles. The van der Waals surface area contributed by atoms with E-state index in [9.17, 15) is 4.79 Å². The van der Waals surface area contributed by atoms with Crippen molar-refractivity contribution in [1.29, 1.82) is 0 Å². The van der Waals surface area contributed by atoms with E-state index in [-0.39, 0.29) is 12.1 Å². The van der Waals surface area contributed by atoms with Gasteiger partial charge in [0, 0.05) is 51.9 Å². The van der Waals surface area contributed by atoms with Crippen molar-refractivity contribution >= 4 is 12.1 Å². The molecule has 1 aromatic heterocycles. The predicted octanol–water partition coefficient (Wildman–Crippen LogP) is 2.79. The van der Waals surface area contributed by atoms with E-state index in [1.165, 1.54) is 0 Å². The molecule has 0 bridgehead atoms. The molecule has 1 aliphatic rings. The summed E-state index contributed by atoms with van der Waals surface area (Å²) in [5.74, 6) is 1.69. The van der Waals surface area contributed by atoms with Gasteiger partial charge in [-0.15, -0.1) is 0 Å². The number of nitrogens with zero attached hydrogens (tertiary/aromatic N) is 2. The molecule has 2 heterocycles. The van der Waals surface area contributed by atoms with Crippen molar-refractivity contribution in [2.24, 2.45) is 4.99 Å². The van der Waals surface area contributed by atoms with Crippen LogP contribution in [0.5, 0.6) is 0 Å². The molecule has 0 aliphatic carbocycles. The van der Waals surface area contributed by atoms with E-state index >= 15 is 0 Å². The Morgan fingerprint density at radius 2 is 2.24 bits per heavy atom. The standard InChI is InChI=1S/C21H36N4O4/c1-5-27-14-7-11-22-19(23-12-9-18-8-6-15-28-18)24-17-10-13-25(16-17)20(26)29-21(2,3)4/h6,8,15,17H,5,7,9-14,16H2,1-4H3,(H2,22,23,24). The summed E-state index contributed by atoms with van der Waals surface area (Å²) in [5, 5.41) is 6.81. The SMILES string of the molecule is CCOCCCN=C(NCCc1ccco1)NC1CCN(C(=O)OC(C)(C)C)C1. The number of carbonyl (C=O) groups excluding carboxylic acids is 1. The summed E-state index contributed by atoms with van der Waals surface area (Å²) in [4.78, 5) is 18.7. The van der Waals surface area contributed by atoms with Gasteiger partial charge in [-0.25, -0.2) is 4.79 Å². The topological polar surface area (TPSA) is 88.3 Å². The Morgan fingerprint density at radius 1 is 1.41 bits per heavy atom. The van der Waals surface area contributed by atoms with Crippen molar-refractivity contribution in [3.05, 3.63) is 24.2 Å². The number of hydrogen-bond donors (Lipinski definition) is 2. The fraction of sp³-hybridized carbons (Fsp3) is 0.714. The molecule has 2 N–H and O–H groups in total. The summed E-state index contributed by atoms with van der Waals surface area (Å²) >= 11 is 0. The summed E-state index contributed by atoms with van der Waals surface area (Å²) < 4.78 is 16.2.